The standard InChI is InChI=1S/C9H9FINO2/c10-6-2-1-5(3-7(6)11)8(12)4-9(13)14/h1-3,8H,4,12H2,(H,13,14)/t8-/m0/s1. The lowest BCUT2D eigenvalue weighted by atomic mass is 10.1. The van der Waals surface area contributed by atoms with Gasteiger partial charge in [-0.1, -0.05) is 6.07 Å². The van der Waals surface area contributed by atoms with E-state index in [2.05, 4.69) is 0 Å². The van der Waals surface area contributed by atoms with Gasteiger partial charge in [0.15, 0.2) is 0 Å². The van der Waals surface area contributed by atoms with E-state index < -0.39 is 12.0 Å². The minimum Gasteiger partial charge on any atom is -0.481 e. The first-order valence-electron chi connectivity index (χ1n) is 3.93. The van der Waals surface area contributed by atoms with Crippen LogP contribution in [0.15, 0.2) is 18.2 Å². The van der Waals surface area contributed by atoms with E-state index in [0.717, 1.165) is 0 Å². The monoisotopic (exact) mass is 309 g/mol. The van der Waals surface area contributed by atoms with Gasteiger partial charge in [-0.15, -0.1) is 0 Å². The highest BCUT2D eigenvalue weighted by atomic mass is 127. The predicted molar refractivity (Wildman–Crippen MR) is 58.3 cm³/mol. The third kappa shape index (κ3) is 2.91. The highest BCUT2D eigenvalue weighted by Crippen LogP contribution is 2.19. The summed E-state index contributed by atoms with van der Waals surface area (Å²) in [6, 6.07) is 3.77. The smallest absolute Gasteiger partial charge is 0.305 e. The van der Waals surface area contributed by atoms with Crippen LogP contribution < -0.4 is 5.73 Å². The first kappa shape index (κ1) is 11.4. The Morgan fingerprint density at radius 2 is 2.29 bits per heavy atom. The van der Waals surface area contributed by atoms with Crippen molar-refractivity contribution in [3.8, 4) is 0 Å². The summed E-state index contributed by atoms with van der Waals surface area (Å²) in [5.74, 6) is -1.28. The van der Waals surface area contributed by atoms with Crippen LogP contribution in [0.5, 0.6) is 0 Å². The summed E-state index contributed by atoms with van der Waals surface area (Å²) in [6.07, 6.45) is -0.151. The minimum atomic E-state index is -0.961. The number of benzene rings is 1. The van der Waals surface area contributed by atoms with Crippen LogP contribution in [0.2, 0.25) is 0 Å². The second-order valence-corrected chi connectivity index (χ2v) is 4.04. The van der Waals surface area contributed by atoms with Gasteiger partial charge in [0.25, 0.3) is 0 Å². The molecule has 5 heteroatoms. The van der Waals surface area contributed by atoms with Gasteiger partial charge in [-0.05, 0) is 40.3 Å². The van der Waals surface area contributed by atoms with Gasteiger partial charge in [0.2, 0.25) is 0 Å². The van der Waals surface area contributed by atoms with E-state index in [9.17, 15) is 9.18 Å². The molecule has 0 saturated heterocycles. The summed E-state index contributed by atoms with van der Waals surface area (Å²) in [7, 11) is 0. The molecule has 3 N–H and O–H groups in total. The van der Waals surface area contributed by atoms with Crippen molar-refractivity contribution in [2.75, 3.05) is 0 Å². The van der Waals surface area contributed by atoms with E-state index in [0.29, 0.717) is 9.13 Å². The van der Waals surface area contributed by atoms with Crippen molar-refractivity contribution in [1.82, 2.24) is 0 Å². The second kappa shape index (κ2) is 4.70. The lowest BCUT2D eigenvalue weighted by molar-refractivity contribution is -0.137. The minimum absolute atomic E-state index is 0.151. The molecular weight excluding hydrogens is 300 g/mol. The molecule has 1 aromatic rings. The third-order valence-corrected chi connectivity index (χ3v) is 2.59. The SMILES string of the molecule is N[C@@H](CC(=O)O)c1ccc(F)c(I)c1. The average Bonchev–Trinajstić information content (AvgIpc) is 2.08. The van der Waals surface area contributed by atoms with Gasteiger partial charge in [0.05, 0.1) is 6.42 Å². The zero-order valence-corrected chi connectivity index (χ0v) is 9.36. The molecular formula is C9H9FINO2. The van der Waals surface area contributed by atoms with Crippen LogP contribution in [-0.2, 0) is 4.79 Å². The van der Waals surface area contributed by atoms with Crippen molar-refractivity contribution in [1.29, 1.82) is 0 Å². The van der Waals surface area contributed by atoms with E-state index in [-0.39, 0.29) is 12.2 Å². The molecule has 0 aromatic heterocycles. The highest BCUT2D eigenvalue weighted by molar-refractivity contribution is 14.1. The maximum atomic E-state index is 12.9. The Labute approximate surface area is 94.2 Å². The Morgan fingerprint density at radius 1 is 1.64 bits per heavy atom. The van der Waals surface area contributed by atoms with Crippen LogP contribution >= 0.6 is 22.6 Å². The fourth-order valence-electron chi connectivity index (χ4n) is 1.05. The molecule has 0 aliphatic rings. The topological polar surface area (TPSA) is 63.3 Å². The number of carboxylic acid groups (broad SMARTS) is 1. The molecule has 0 unspecified atom stereocenters. The molecule has 0 radical (unpaired) electrons. The van der Waals surface area contributed by atoms with E-state index in [1.165, 1.54) is 12.1 Å². The van der Waals surface area contributed by atoms with Gasteiger partial charge in [0, 0.05) is 9.61 Å². The first-order chi connectivity index (χ1) is 6.50. The van der Waals surface area contributed by atoms with Crippen molar-refractivity contribution in [3.63, 3.8) is 0 Å². The lowest BCUT2D eigenvalue weighted by Crippen LogP contribution is -2.15. The molecule has 3 nitrogen and oxygen atoms in total. The first-order valence-corrected chi connectivity index (χ1v) is 5.01. The normalized spacial score (nSPS) is 12.5. The lowest BCUT2D eigenvalue weighted by Gasteiger charge is -2.09. The zero-order chi connectivity index (χ0) is 10.7. The van der Waals surface area contributed by atoms with E-state index in [4.69, 9.17) is 10.8 Å². The summed E-state index contributed by atoms with van der Waals surface area (Å²) in [4.78, 5) is 10.4. The molecule has 0 spiro atoms. The largest absolute Gasteiger partial charge is 0.481 e. The summed E-state index contributed by atoms with van der Waals surface area (Å²) < 4.78 is 13.3. The molecule has 0 aliphatic carbocycles. The molecule has 0 saturated carbocycles. The van der Waals surface area contributed by atoms with Crippen LogP contribution in [-0.4, -0.2) is 11.1 Å². The molecule has 1 atom stereocenters. The molecule has 0 bridgehead atoms. The fourth-order valence-corrected chi connectivity index (χ4v) is 1.59. The highest BCUT2D eigenvalue weighted by Gasteiger charge is 2.11. The summed E-state index contributed by atoms with van der Waals surface area (Å²) in [6.45, 7) is 0. The predicted octanol–water partition coefficient (Wildman–Crippen LogP) is 1.90. The molecule has 0 amide bonds. The fraction of sp³-hybridized carbons (Fsp3) is 0.222. The number of nitrogens with two attached hydrogens (primary N) is 1. The van der Waals surface area contributed by atoms with E-state index >= 15 is 0 Å². The van der Waals surface area contributed by atoms with Crippen LogP contribution in [0.4, 0.5) is 4.39 Å². The molecule has 76 valence electrons. The van der Waals surface area contributed by atoms with E-state index in [1.807, 2.05) is 22.6 Å². The van der Waals surface area contributed by atoms with Crippen LogP contribution in [0.25, 0.3) is 0 Å². The number of hydrogen-bond donors (Lipinski definition) is 2. The molecule has 0 heterocycles. The summed E-state index contributed by atoms with van der Waals surface area (Å²) >= 11 is 1.84. The Morgan fingerprint density at radius 3 is 2.79 bits per heavy atom. The van der Waals surface area contributed by atoms with Gasteiger partial charge in [-0.3, -0.25) is 4.79 Å². The van der Waals surface area contributed by atoms with Gasteiger partial charge < -0.3 is 10.8 Å². The van der Waals surface area contributed by atoms with Gasteiger partial charge in [-0.25, -0.2) is 4.39 Å². The Hall–Kier alpha value is -0.690. The quantitative estimate of drug-likeness (QED) is 0.838. The van der Waals surface area contributed by atoms with Gasteiger partial charge in [0.1, 0.15) is 5.82 Å². The van der Waals surface area contributed by atoms with Crippen molar-refractivity contribution < 1.29 is 14.3 Å². The maximum absolute atomic E-state index is 12.9. The Bertz CT molecular complexity index is 357. The van der Waals surface area contributed by atoms with Crippen LogP contribution in [0.1, 0.15) is 18.0 Å². The molecule has 0 fully saturated rings. The summed E-state index contributed by atoms with van der Waals surface area (Å²) in [5, 5.41) is 8.51. The average molecular weight is 309 g/mol. The van der Waals surface area contributed by atoms with E-state index in [1.54, 1.807) is 6.07 Å². The van der Waals surface area contributed by atoms with Crippen LogP contribution in [0.3, 0.4) is 0 Å². The number of carbonyl (C=O) groups is 1. The molecule has 14 heavy (non-hydrogen) atoms. The molecule has 0 aliphatic heterocycles. The number of carboxylic acids is 1. The Kier molecular flexibility index (Phi) is 3.82. The number of aliphatic carboxylic acids is 1. The molecule has 1 rings (SSSR count). The summed E-state index contributed by atoms with van der Waals surface area (Å²) in [5.41, 5.74) is 6.25. The van der Waals surface area contributed by atoms with Crippen molar-refractivity contribution in [2.24, 2.45) is 5.73 Å². The molecule has 1 aromatic carbocycles. The van der Waals surface area contributed by atoms with Gasteiger partial charge >= 0.3 is 5.97 Å². The number of hydrogen-bond acceptors (Lipinski definition) is 2. The number of halogens is 2. The second-order valence-electron chi connectivity index (χ2n) is 2.88. The van der Waals surface area contributed by atoms with Crippen LogP contribution in [0, 0.1) is 9.39 Å². The number of rotatable bonds is 3. The maximum Gasteiger partial charge on any atom is 0.305 e. The Balaban J connectivity index is 2.85. The van der Waals surface area contributed by atoms with Crippen molar-refractivity contribution in [2.45, 2.75) is 12.5 Å². The van der Waals surface area contributed by atoms with Crippen molar-refractivity contribution >= 4 is 28.6 Å². The third-order valence-electron chi connectivity index (χ3n) is 1.77. The van der Waals surface area contributed by atoms with Crippen molar-refractivity contribution in [3.05, 3.63) is 33.1 Å². The van der Waals surface area contributed by atoms with Gasteiger partial charge in [-0.2, -0.15) is 0 Å². The zero-order valence-electron chi connectivity index (χ0n) is 7.21.